The van der Waals surface area contributed by atoms with Crippen LogP contribution in [0.25, 0.3) is 0 Å². The molecule has 4 heterocycles. The van der Waals surface area contributed by atoms with Gasteiger partial charge in [0.1, 0.15) is 10.7 Å². The lowest BCUT2D eigenvalue weighted by atomic mass is 10.2. The number of morpholine rings is 1. The molecule has 0 unspecified atom stereocenters. The third-order valence-corrected chi connectivity index (χ3v) is 8.13. The maximum Gasteiger partial charge on any atom is 0.244 e. The fourth-order valence-corrected chi connectivity index (χ4v) is 5.93. The van der Waals surface area contributed by atoms with Gasteiger partial charge < -0.3 is 10.1 Å². The molecule has 152 valence electrons. The molecule has 7 nitrogen and oxygen atoms in total. The molecule has 28 heavy (non-hydrogen) atoms. The third-order valence-electron chi connectivity index (χ3n) is 5.27. The first kappa shape index (κ1) is 19.8. The molecule has 1 atom stereocenters. The Morgan fingerprint density at radius 2 is 1.93 bits per heavy atom. The number of pyridine rings is 1. The number of hydrogen-bond donors (Lipinski definition) is 1. The van der Waals surface area contributed by atoms with E-state index in [0.717, 1.165) is 19.6 Å². The van der Waals surface area contributed by atoms with E-state index >= 15 is 0 Å². The summed E-state index contributed by atoms with van der Waals surface area (Å²) in [5, 5.41) is 5.51. The van der Waals surface area contributed by atoms with Gasteiger partial charge in [0.25, 0.3) is 0 Å². The highest BCUT2D eigenvalue weighted by atomic mass is 32.2. The molecule has 0 aliphatic carbocycles. The predicted molar refractivity (Wildman–Crippen MR) is 110 cm³/mol. The molecule has 0 spiro atoms. The number of likely N-dealkylation sites (tertiary alicyclic amines) is 1. The quantitative estimate of drug-likeness (QED) is 0.739. The largest absolute Gasteiger partial charge is 0.379 e. The molecule has 2 aliphatic rings. The monoisotopic (exact) mass is 422 g/mol. The lowest BCUT2D eigenvalue weighted by Gasteiger charge is -2.27. The van der Waals surface area contributed by atoms with Gasteiger partial charge in [0.05, 0.1) is 19.3 Å². The highest BCUT2D eigenvalue weighted by molar-refractivity contribution is 7.89. The van der Waals surface area contributed by atoms with Crippen molar-refractivity contribution >= 4 is 27.2 Å². The number of anilines is 1. The molecule has 4 rings (SSSR count). The molecule has 2 aromatic rings. The summed E-state index contributed by atoms with van der Waals surface area (Å²) in [7, 11) is -3.50. The first-order chi connectivity index (χ1) is 13.6. The first-order valence-electron chi connectivity index (χ1n) is 9.70. The van der Waals surface area contributed by atoms with Gasteiger partial charge in [-0.1, -0.05) is 6.07 Å². The summed E-state index contributed by atoms with van der Waals surface area (Å²) in [6.45, 7) is 4.65. The second-order valence-electron chi connectivity index (χ2n) is 7.05. The number of thiophene rings is 1. The Labute approximate surface area is 170 Å². The van der Waals surface area contributed by atoms with Crippen LogP contribution in [0.4, 0.5) is 5.82 Å². The minimum atomic E-state index is -3.50. The molecule has 2 saturated heterocycles. The van der Waals surface area contributed by atoms with E-state index in [9.17, 15) is 8.42 Å². The van der Waals surface area contributed by atoms with E-state index in [1.807, 2.05) is 0 Å². The van der Waals surface area contributed by atoms with Crippen LogP contribution in [0, 0.1) is 0 Å². The van der Waals surface area contributed by atoms with Crippen LogP contribution in [-0.4, -0.2) is 68.5 Å². The van der Waals surface area contributed by atoms with Crippen molar-refractivity contribution in [2.45, 2.75) is 23.8 Å². The van der Waals surface area contributed by atoms with Gasteiger partial charge in [-0.05, 0) is 49.5 Å². The number of rotatable bonds is 7. The summed E-state index contributed by atoms with van der Waals surface area (Å²) < 4.78 is 32.1. The van der Waals surface area contributed by atoms with Gasteiger partial charge in [0.2, 0.25) is 10.0 Å². The molecule has 2 aliphatic heterocycles. The van der Waals surface area contributed by atoms with Crippen molar-refractivity contribution in [1.82, 2.24) is 14.2 Å². The Hall–Kier alpha value is -1.52. The van der Waals surface area contributed by atoms with Crippen LogP contribution in [-0.2, 0) is 14.8 Å². The fourth-order valence-electron chi connectivity index (χ4n) is 3.72. The SMILES string of the molecule is O=S(=O)(c1ccc(NC[C@H](c2cccs2)N2CCCC2)nc1)N1CCOCC1. The zero-order valence-corrected chi connectivity index (χ0v) is 17.4. The summed E-state index contributed by atoms with van der Waals surface area (Å²) in [5.74, 6) is 0.696. The second kappa shape index (κ2) is 8.87. The first-order valence-corrected chi connectivity index (χ1v) is 12.0. The molecule has 0 bridgehead atoms. The van der Waals surface area contributed by atoms with Crippen molar-refractivity contribution in [1.29, 1.82) is 0 Å². The van der Waals surface area contributed by atoms with E-state index in [-0.39, 0.29) is 4.90 Å². The van der Waals surface area contributed by atoms with E-state index in [2.05, 4.69) is 32.7 Å². The van der Waals surface area contributed by atoms with E-state index in [0.29, 0.717) is 38.2 Å². The molecular formula is C19H26N4O3S2. The topological polar surface area (TPSA) is 74.8 Å². The van der Waals surface area contributed by atoms with Crippen LogP contribution in [0.1, 0.15) is 23.8 Å². The highest BCUT2D eigenvalue weighted by Crippen LogP contribution is 2.28. The third kappa shape index (κ3) is 4.38. The summed E-state index contributed by atoms with van der Waals surface area (Å²) in [6.07, 6.45) is 3.94. The molecule has 0 aromatic carbocycles. The van der Waals surface area contributed by atoms with Gasteiger partial charge in [-0.2, -0.15) is 4.31 Å². The van der Waals surface area contributed by atoms with Crippen LogP contribution in [0.5, 0.6) is 0 Å². The number of hydrogen-bond acceptors (Lipinski definition) is 7. The minimum Gasteiger partial charge on any atom is -0.379 e. The van der Waals surface area contributed by atoms with Crippen LogP contribution in [0.15, 0.2) is 40.7 Å². The van der Waals surface area contributed by atoms with Crippen LogP contribution >= 0.6 is 11.3 Å². The molecule has 0 radical (unpaired) electrons. The number of nitrogens with one attached hydrogen (secondary N) is 1. The molecule has 0 saturated carbocycles. The Balaban J connectivity index is 1.42. The predicted octanol–water partition coefficient (Wildman–Crippen LogP) is 2.41. The average Bonchev–Trinajstić information content (AvgIpc) is 3.44. The Morgan fingerprint density at radius 3 is 2.57 bits per heavy atom. The maximum atomic E-state index is 12.7. The van der Waals surface area contributed by atoms with Crippen LogP contribution in [0.2, 0.25) is 0 Å². The van der Waals surface area contributed by atoms with E-state index in [4.69, 9.17) is 4.74 Å². The minimum absolute atomic E-state index is 0.231. The van der Waals surface area contributed by atoms with E-state index < -0.39 is 10.0 Å². The summed E-state index contributed by atoms with van der Waals surface area (Å²) >= 11 is 1.78. The summed E-state index contributed by atoms with van der Waals surface area (Å²) in [5.41, 5.74) is 0. The lowest BCUT2D eigenvalue weighted by Crippen LogP contribution is -2.40. The molecule has 1 N–H and O–H groups in total. The number of nitrogens with zero attached hydrogens (tertiary/aromatic N) is 3. The number of aromatic nitrogens is 1. The fraction of sp³-hybridized carbons (Fsp3) is 0.526. The van der Waals surface area contributed by atoms with Crippen LogP contribution in [0.3, 0.4) is 0 Å². The maximum absolute atomic E-state index is 12.7. The van der Waals surface area contributed by atoms with Crippen molar-refractivity contribution in [3.05, 3.63) is 40.7 Å². The summed E-state index contributed by atoms with van der Waals surface area (Å²) in [6, 6.07) is 7.98. The van der Waals surface area contributed by atoms with Crippen molar-refractivity contribution < 1.29 is 13.2 Å². The second-order valence-corrected chi connectivity index (χ2v) is 9.97. The van der Waals surface area contributed by atoms with Crippen molar-refractivity contribution in [3.63, 3.8) is 0 Å². The summed E-state index contributed by atoms with van der Waals surface area (Å²) in [4.78, 5) is 8.45. The van der Waals surface area contributed by atoms with Crippen molar-refractivity contribution in [2.75, 3.05) is 51.3 Å². The van der Waals surface area contributed by atoms with E-state index in [1.54, 1.807) is 23.5 Å². The van der Waals surface area contributed by atoms with E-state index in [1.165, 1.54) is 28.2 Å². The number of sulfonamides is 1. The standard InChI is InChI=1S/C19H26N4O3S2/c24-28(25,23-9-11-26-12-10-23)16-5-6-19(20-14-16)21-15-17(18-4-3-13-27-18)22-7-1-2-8-22/h3-6,13-14,17H,1-2,7-12,15H2,(H,20,21)/t17-/m1/s1. The molecule has 0 amide bonds. The Bertz CT molecular complexity index is 844. The van der Waals surface area contributed by atoms with Gasteiger partial charge >= 0.3 is 0 Å². The van der Waals surface area contributed by atoms with Crippen LogP contribution < -0.4 is 5.32 Å². The van der Waals surface area contributed by atoms with Gasteiger partial charge in [0, 0.05) is 30.7 Å². The Kier molecular flexibility index (Phi) is 6.27. The van der Waals surface area contributed by atoms with Gasteiger partial charge in [0.15, 0.2) is 0 Å². The highest BCUT2D eigenvalue weighted by Gasteiger charge is 2.27. The zero-order chi connectivity index (χ0) is 19.4. The number of ether oxygens (including phenoxy) is 1. The lowest BCUT2D eigenvalue weighted by molar-refractivity contribution is 0.0730. The average molecular weight is 423 g/mol. The van der Waals surface area contributed by atoms with Gasteiger partial charge in [-0.25, -0.2) is 13.4 Å². The van der Waals surface area contributed by atoms with Gasteiger partial charge in [-0.15, -0.1) is 11.3 Å². The zero-order valence-electron chi connectivity index (χ0n) is 15.8. The molecular weight excluding hydrogens is 396 g/mol. The molecule has 2 fully saturated rings. The van der Waals surface area contributed by atoms with Gasteiger partial charge in [-0.3, -0.25) is 4.90 Å². The molecule has 9 heteroatoms. The van der Waals surface area contributed by atoms with Crippen molar-refractivity contribution in [3.8, 4) is 0 Å². The molecule has 2 aromatic heterocycles. The Morgan fingerprint density at radius 1 is 1.14 bits per heavy atom. The van der Waals surface area contributed by atoms with Crippen molar-refractivity contribution in [2.24, 2.45) is 0 Å². The normalized spacial score (nSPS) is 20.3. The smallest absolute Gasteiger partial charge is 0.244 e.